The van der Waals surface area contributed by atoms with E-state index in [2.05, 4.69) is 17.1 Å². The first-order chi connectivity index (χ1) is 14.7. The zero-order chi connectivity index (χ0) is 21.2. The maximum absolute atomic E-state index is 13.3. The van der Waals surface area contributed by atoms with Gasteiger partial charge in [-0.05, 0) is 56.7 Å². The molecule has 1 N–H and O–H groups in total. The Balaban J connectivity index is 1.63. The van der Waals surface area contributed by atoms with Crippen LogP contribution in [0.5, 0.6) is 0 Å². The summed E-state index contributed by atoms with van der Waals surface area (Å²) in [7, 11) is 0. The molecule has 3 rings (SSSR count). The van der Waals surface area contributed by atoms with Crippen molar-refractivity contribution in [2.24, 2.45) is 0 Å². The Morgan fingerprint density at radius 2 is 1.53 bits per heavy atom. The van der Waals surface area contributed by atoms with Gasteiger partial charge < -0.3 is 15.1 Å². The van der Waals surface area contributed by atoms with Crippen LogP contribution in [0.2, 0.25) is 0 Å². The molecule has 0 spiro atoms. The highest BCUT2D eigenvalue weighted by Crippen LogP contribution is 2.29. The molecule has 0 saturated carbocycles. The van der Waals surface area contributed by atoms with Crippen LogP contribution < -0.4 is 10.2 Å². The quantitative estimate of drug-likeness (QED) is 0.508. The number of hydrogen-bond donors (Lipinski definition) is 1. The number of hydrogen-bond acceptors (Lipinski definition) is 3. The molecular weight excluding hydrogens is 374 g/mol. The zero-order valence-corrected chi connectivity index (χ0v) is 18.8. The summed E-state index contributed by atoms with van der Waals surface area (Å²) in [6.45, 7) is 5.90. The fourth-order valence-corrected chi connectivity index (χ4v) is 4.58. The van der Waals surface area contributed by atoms with Crippen molar-refractivity contribution in [1.82, 2.24) is 4.90 Å². The van der Waals surface area contributed by atoms with E-state index in [1.165, 1.54) is 44.9 Å². The largest absolute Gasteiger partial charge is 0.371 e. The van der Waals surface area contributed by atoms with Gasteiger partial charge in [0.15, 0.2) is 0 Å². The molecule has 0 bridgehead atoms. The number of nitrogens with one attached hydrogen (secondary N) is 1. The Bertz CT molecular complexity index is 692. The average molecular weight is 414 g/mol. The Labute approximate surface area is 182 Å². The summed E-state index contributed by atoms with van der Waals surface area (Å²) in [5.41, 5.74) is 2.52. The van der Waals surface area contributed by atoms with Crippen LogP contribution in [0.25, 0.3) is 0 Å². The molecule has 30 heavy (non-hydrogen) atoms. The number of anilines is 2. The summed E-state index contributed by atoms with van der Waals surface area (Å²) in [5.74, 6) is 0.166. The predicted molar refractivity (Wildman–Crippen MR) is 124 cm³/mol. The number of rotatable bonds is 10. The smallest absolute Gasteiger partial charge is 0.256 e. The lowest BCUT2D eigenvalue weighted by atomic mass is 10.1. The van der Waals surface area contributed by atoms with E-state index in [9.17, 15) is 9.59 Å². The number of carbonyl (C=O) groups excluding carboxylic acids is 2. The van der Waals surface area contributed by atoms with Gasteiger partial charge in [0.1, 0.15) is 0 Å². The highest BCUT2D eigenvalue weighted by Gasteiger charge is 2.25. The summed E-state index contributed by atoms with van der Waals surface area (Å²) in [6.07, 6.45) is 13.3. The Hall–Kier alpha value is -2.04. The fourth-order valence-electron chi connectivity index (χ4n) is 4.58. The summed E-state index contributed by atoms with van der Waals surface area (Å²) < 4.78 is 0. The first kappa shape index (κ1) is 22.6. The minimum atomic E-state index is 0.0517. The lowest BCUT2D eigenvalue weighted by Gasteiger charge is -2.29. The maximum Gasteiger partial charge on any atom is 0.256 e. The minimum Gasteiger partial charge on any atom is -0.371 e. The number of likely N-dealkylation sites (tertiary alicyclic amines) is 1. The van der Waals surface area contributed by atoms with Crippen molar-refractivity contribution < 1.29 is 9.59 Å². The van der Waals surface area contributed by atoms with Gasteiger partial charge in [-0.25, -0.2) is 0 Å². The van der Waals surface area contributed by atoms with Crippen molar-refractivity contribution in [3.63, 3.8) is 0 Å². The normalized spacial score (nSPS) is 16.7. The Kier molecular flexibility index (Phi) is 9.03. The fraction of sp³-hybridized carbons (Fsp3) is 0.680. The highest BCUT2D eigenvalue weighted by molar-refractivity contribution is 6.02. The van der Waals surface area contributed by atoms with Gasteiger partial charge in [-0.2, -0.15) is 0 Å². The standard InChI is InChI=1S/C25H39N3O2/c1-2-3-4-5-6-8-13-24(29)26-21-14-15-23(27-16-11-12-17-27)22(20-21)25(30)28-18-9-7-10-19-28/h14-15,20H,2-13,16-19H2,1H3,(H,26,29). The van der Waals surface area contributed by atoms with E-state index in [0.717, 1.165) is 68.8 Å². The predicted octanol–water partition coefficient (Wildman–Crippen LogP) is 5.60. The number of carbonyl (C=O) groups is 2. The van der Waals surface area contributed by atoms with Gasteiger partial charge in [-0.3, -0.25) is 9.59 Å². The first-order valence-corrected chi connectivity index (χ1v) is 12.2. The molecule has 0 aliphatic carbocycles. The Morgan fingerprint density at radius 3 is 2.27 bits per heavy atom. The summed E-state index contributed by atoms with van der Waals surface area (Å²) in [6, 6.07) is 5.90. The molecule has 0 aromatic heterocycles. The van der Waals surface area contributed by atoms with E-state index in [0.29, 0.717) is 6.42 Å². The van der Waals surface area contributed by atoms with E-state index in [-0.39, 0.29) is 11.8 Å². The van der Waals surface area contributed by atoms with Gasteiger partial charge in [0.25, 0.3) is 5.91 Å². The molecule has 5 nitrogen and oxygen atoms in total. The molecule has 166 valence electrons. The third-order valence-electron chi connectivity index (χ3n) is 6.36. The molecule has 1 aromatic rings. The molecule has 2 heterocycles. The van der Waals surface area contributed by atoms with E-state index < -0.39 is 0 Å². The van der Waals surface area contributed by atoms with Crippen LogP contribution in [-0.2, 0) is 4.79 Å². The summed E-state index contributed by atoms with van der Waals surface area (Å²) in [5, 5.41) is 3.03. The van der Waals surface area contributed by atoms with Crippen LogP contribution in [0.4, 0.5) is 11.4 Å². The highest BCUT2D eigenvalue weighted by atomic mass is 16.2. The van der Waals surface area contributed by atoms with Crippen molar-refractivity contribution in [3.05, 3.63) is 23.8 Å². The molecule has 2 amide bonds. The van der Waals surface area contributed by atoms with E-state index in [1.807, 2.05) is 23.1 Å². The minimum absolute atomic E-state index is 0.0517. The molecule has 2 saturated heterocycles. The van der Waals surface area contributed by atoms with E-state index >= 15 is 0 Å². The molecule has 2 aliphatic rings. The third kappa shape index (κ3) is 6.48. The summed E-state index contributed by atoms with van der Waals surface area (Å²) in [4.78, 5) is 30.0. The number of benzene rings is 1. The van der Waals surface area contributed by atoms with Crippen molar-refractivity contribution in [2.75, 3.05) is 36.4 Å². The van der Waals surface area contributed by atoms with E-state index in [1.54, 1.807) is 0 Å². The van der Waals surface area contributed by atoms with Gasteiger partial charge in [0.05, 0.1) is 5.56 Å². The SMILES string of the molecule is CCCCCCCCC(=O)Nc1ccc(N2CCCC2)c(C(=O)N2CCCCC2)c1. The van der Waals surface area contributed by atoms with Crippen LogP contribution in [0.1, 0.15) is 94.3 Å². The van der Waals surface area contributed by atoms with Crippen LogP contribution in [-0.4, -0.2) is 42.9 Å². The first-order valence-electron chi connectivity index (χ1n) is 12.2. The number of nitrogens with zero attached hydrogens (tertiary/aromatic N) is 2. The van der Waals surface area contributed by atoms with E-state index in [4.69, 9.17) is 0 Å². The van der Waals surface area contributed by atoms with Crippen LogP contribution in [0, 0.1) is 0 Å². The van der Waals surface area contributed by atoms with Gasteiger partial charge in [0, 0.05) is 44.0 Å². The number of unbranched alkanes of at least 4 members (excludes halogenated alkanes) is 5. The van der Waals surface area contributed by atoms with Crippen molar-refractivity contribution in [3.8, 4) is 0 Å². The molecule has 1 aromatic carbocycles. The molecule has 2 aliphatic heterocycles. The average Bonchev–Trinajstić information content (AvgIpc) is 3.31. The van der Waals surface area contributed by atoms with Crippen molar-refractivity contribution in [1.29, 1.82) is 0 Å². The molecular formula is C25H39N3O2. The Morgan fingerprint density at radius 1 is 0.867 bits per heavy atom. The number of piperidine rings is 1. The van der Waals surface area contributed by atoms with Gasteiger partial charge >= 0.3 is 0 Å². The van der Waals surface area contributed by atoms with Crippen LogP contribution in [0.15, 0.2) is 18.2 Å². The van der Waals surface area contributed by atoms with Crippen LogP contribution >= 0.6 is 0 Å². The van der Waals surface area contributed by atoms with Crippen molar-refractivity contribution in [2.45, 2.75) is 84.0 Å². The zero-order valence-electron chi connectivity index (χ0n) is 18.8. The van der Waals surface area contributed by atoms with Gasteiger partial charge in [-0.15, -0.1) is 0 Å². The summed E-state index contributed by atoms with van der Waals surface area (Å²) >= 11 is 0. The molecule has 0 unspecified atom stereocenters. The lowest BCUT2D eigenvalue weighted by Crippen LogP contribution is -2.36. The van der Waals surface area contributed by atoms with Crippen LogP contribution in [0.3, 0.4) is 0 Å². The number of amides is 2. The van der Waals surface area contributed by atoms with Gasteiger partial charge in [-0.1, -0.05) is 39.0 Å². The molecule has 0 radical (unpaired) electrons. The molecule has 2 fully saturated rings. The topological polar surface area (TPSA) is 52.7 Å². The monoisotopic (exact) mass is 413 g/mol. The second-order valence-electron chi connectivity index (χ2n) is 8.84. The third-order valence-corrected chi connectivity index (χ3v) is 6.36. The van der Waals surface area contributed by atoms with Crippen molar-refractivity contribution >= 4 is 23.2 Å². The molecule has 0 atom stereocenters. The lowest BCUT2D eigenvalue weighted by molar-refractivity contribution is -0.116. The maximum atomic E-state index is 13.3. The second kappa shape index (κ2) is 12.0. The van der Waals surface area contributed by atoms with Gasteiger partial charge in [0.2, 0.25) is 5.91 Å². The second-order valence-corrected chi connectivity index (χ2v) is 8.84. The molecule has 5 heteroatoms.